The van der Waals surface area contributed by atoms with Crippen molar-refractivity contribution in [3.05, 3.63) is 24.7 Å². The number of nitrogens with zero attached hydrogens (tertiary/aromatic N) is 1. The first-order chi connectivity index (χ1) is 10.3. The van der Waals surface area contributed by atoms with Crippen LogP contribution in [0.4, 0.5) is 0 Å². The lowest BCUT2D eigenvalue weighted by Gasteiger charge is -2.19. The van der Waals surface area contributed by atoms with Crippen molar-refractivity contribution in [2.24, 2.45) is 0 Å². The maximum Gasteiger partial charge on any atom is 0.1000 e. The number of hydrogen-bond acceptors (Lipinski definition) is 3. The molecule has 21 heavy (non-hydrogen) atoms. The van der Waals surface area contributed by atoms with Gasteiger partial charge in [-0.15, -0.1) is 0 Å². The van der Waals surface area contributed by atoms with Crippen molar-refractivity contribution in [1.29, 1.82) is 0 Å². The molecule has 0 spiro atoms. The quantitative estimate of drug-likeness (QED) is 0.321. The molecule has 0 aromatic heterocycles. The summed E-state index contributed by atoms with van der Waals surface area (Å²) in [6, 6.07) is 0. The van der Waals surface area contributed by atoms with Crippen LogP contribution in [-0.4, -0.2) is 37.7 Å². The Kier molecular flexibility index (Phi) is 16.3. The highest BCUT2D eigenvalue weighted by Crippen LogP contribution is 1.97. The summed E-state index contributed by atoms with van der Waals surface area (Å²) < 4.78 is 11.0. The van der Waals surface area contributed by atoms with Crippen LogP contribution in [-0.2, 0) is 9.47 Å². The molecule has 0 unspecified atom stereocenters. The summed E-state index contributed by atoms with van der Waals surface area (Å²) in [5.74, 6) is 0. The third kappa shape index (κ3) is 15.3. The van der Waals surface area contributed by atoms with Crippen LogP contribution in [0.2, 0.25) is 0 Å². The SMILES string of the molecule is CCCCC=COCCN(CC)CCOC=CCCCC. The molecule has 0 N–H and O–H groups in total. The summed E-state index contributed by atoms with van der Waals surface area (Å²) in [6.07, 6.45) is 15.1. The number of unbranched alkanes of at least 4 members (excludes halogenated alkanes) is 4. The van der Waals surface area contributed by atoms with Gasteiger partial charge in [-0.05, 0) is 44.4 Å². The Morgan fingerprint density at radius 1 is 0.762 bits per heavy atom. The standard InChI is InChI=1S/C18H35NO2/c1-4-7-9-11-15-20-17-13-19(6-3)14-18-21-16-12-10-8-5-2/h11-12,15-16H,4-10,13-14,17-18H2,1-3H3. The van der Waals surface area contributed by atoms with Crippen molar-refractivity contribution in [1.82, 2.24) is 4.90 Å². The molecule has 0 atom stereocenters. The molecule has 0 bridgehead atoms. The Hall–Kier alpha value is -0.960. The largest absolute Gasteiger partial charge is 0.500 e. The van der Waals surface area contributed by atoms with E-state index in [-0.39, 0.29) is 0 Å². The number of rotatable bonds is 15. The molecule has 0 saturated heterocycles. The van der Waals surface area contributed by atoms with Gasteiger partial charge >= 0.3 is 0 Å². The van der Waals surface area contributed by atoms with Crippen LogP contribution >= 0.6 is 0 Å². The van der Waals surface area contributed by atoms with Crippen LogP contribution in [0.3, 0.4) is 0 Å². The molecule has 0 aromatic rings. The van der Waals surface area contributed by atoms with Gasteiger partial charge in [-0.1, -0.05) is 33.6 Å². The monoisotopic (exact) mass is 297 g/mol. The van der Waals surface area contributed by atoms with E-state index < -0.39 is 0 Å². The smallest absolute Gasteiger partial charge is 0.1000 e. The predicted octanol–water partition coefficient (Wildman–Crippen LogP) is 4.75. The number of ether oxygens (including phenoxy) is 2. The normalized spacial score (nSPS) is 11.8. The highest BCUT2D eigenvalue weighted by atomic mass is 16.5. The second kappa shape index (κ2) is 17.1. The van der Waals surface area contributed by atoms with Gasteiger partial charge in [0.05, 0.1) is 25.7 Å². The summed E-state index contributed by atoms with van der Waals surface area (Å²) in [5, 5.41) is 0. The fraction of sp³-hybridized carbons (Fsp3) is 0.778. The van der Waals surface area contributed by atoms with Crippen molar-refractivity contribution < 1.29 is 9.47 Å². The molecule has 3 heteroatoms. The van der Waals surface area contributed by atoms with Gasteiger partial charge in [0.25, 0.3) is 0 Å². The predicted molar refractivity (Wildman–Crippen MR) is 91.3 cm³/mol. The topological polar surface area (TPSA) is 21.7 Å². The zero-order chi connectivity index (χ0) is 15.6. The van der Waals surface area contributed by atoms with Gasteiger partial charge in [-0.3, -0.25) is 4.90 Å². The highest BCUT2D eigenvalue weighted by molar-refractivity contribution is 4.74. The van der Waals surface area contributed by atoms with Crippen molar-refractivity contribution in [3.63, 3.8) is 0 Å². The lowest BCUT2D eigenvalue weighted by atomic mass is 10.2. The van der Waals surface area contributed by atoms with Crippen molar-refractivity contribution in [3.8, 4) is 0 Å². The molecule has 0 heterocycles. The highest BCUT2D eigenvalue weighted by Gasteiger charge is 2.00. The molecule has 0 aliphatic heterocycles. The Morgan fingerprint density at radius 3 is 1.62 bits per heavy atom. The average Bonchev–Trinajstić information content (AvgIpc) is 2.51. The summed E-state index contributed by atoms with van der Waals surface area (Å²) >= 11 is 0. The van der Waals surface area contributed by atoms with Crippen LogP contribution in [0.5, 0.6) is 0 Å². The molecule has 0 aromatic carbocycles. The number of hydrogen-bond donors (Lipinski definition) is 0. The minimum absolute atomic E-state index is 0.753. The maximum atomic E-state index is 5.51. The van der Waals surface area contributed by atoms with E-state index in [2.05, 4.69) is 37.8 Å². The fourth-order valence-corrected chi connectivity index (χ4v) is 1.84. The second-order valence-electron chi connectivity index (χ2n) is 5.20. The average molecular weight is 297 g/mol. The molecular formula is C18H35NO2. The minimum Gasteiger partial charge on any atom is -0.500 e. The zero-order valence-corrected chi connectivity index (χ0v) is 14.4. The van der Waals surface area contributed by atoms with E-state index in [4.69, 9.17) is 9.47 Å². The van der Waals surface area contributed by atoms with Gasteiger partial charge in [0.2, 0.25) is 0 Å². The molecule has 0 amide bonds. The van der Waals surface area contributed by atoms with E-state index >= 15 is 0 Å². The molecule has 0 saturated carbocycles. The van der Waals surface area contributed by atoms with E-state index in [1.807, 2.05) is 12.5 Å². The summed E-state index contributed by atoms with van der Waals surface area (Å²) in [7, 11) is 0. The molecule has 3 nitrogen and oxygen atoms in total. The fourth-order valence-electron chi connectivity index (χ4n) is 1.84. The third-order valence-corrected chi connectivity index (χ3v) is 3.33. The van der Waals surface area contributed by atoms with Gasteiger partial charge in [-0.25, -0.2) is 0 Å². The Bertz CT molecular complexity index is 228. The minimum atomic E-state index is 0.753. The molecule has 0 aliphatic carbocycles. The molecule has 0 radical (unpaired) electrons. The molecule has 0 fully saturated rings. The van der Waals surface area contributed by atoms with E-state index in [1.165, 1.54) is 25.7 Å². The molecule has 124 valence electrons. The second-order valence-corrected chi connectivity index (χ2v) is 5.20. The Labute approximate surface area is 132 Å². The molecule has 0 rings (SSSR count). The zero-order valence-electron chi connectivity index (χ0n) is 14.4. The van der Waals surface area contributed by atoms with Gasteiger partial charge in [0.1, 0.15) is 0 Å². The van der Waals surface area contributed by atoms with E-state index in [1.54, 1.807) is 0 Å². The lowest BCUT2D eigenvalue weighted by Crippen LogP contribution is -2.30. The van der Waals surface area contributed by atoms with Crippen LogP contribution in [0.15, 0.2) is 24.7 Å². The maximum absolute atomic E-state index is 5.51. The lowest BCUT2D eigenvalue weighted by molar-refractivity contribution is 0.146. The van der Waals surface area contributed by atoms with Crippen LogP contribution in [0.25, 0.3) is 0 Å². The Balaban J connectivity index is 3.49. The van der Waals surface area contributed by atoms with Gasteiger partial charge in [0.15, 0.2) is 0 Å². The van der Waals surface area contributed by atoms with Gasteiger partial charge < -0.3 is 9.47 Å². The summed E-state index contributed by atoms with van der Waals surface area (Å²) in [4.78, 5) is 2.35. The van der Waals surface area contributed by atoms with E-state index in [9.17, 15) is 0 Å². The van der Waals surface area contributed by atoms with E-state index in [0.29, 0.717) is 0 Å². The van der Waals surface area contributed by atoms with Crippen molar-refractivity contribution in [2.45, 2.75) is 59.3 Å². The van der Waals surface area contributed by atoms with Crippen LogP contribution in [0.1, 0.15) is 59.3 Å². The number of likely N-dealkylation sites (N-methyl/N-ethyl adjacent to an activating group) is 1. The first-order valence-electron chi connectivity index (χ1n) is 8.60. The van der Waals surface area contributed by atoms with Crippen molar-refractivity contribution in [2.75, 3.05) is 32.8 Å². The summed E-state index contributed by atoms with van der Waals surface area (Å²) in [5.41, 5.74) is 0. The molecular weight excluding hydrogens is 262 g/mol. The van der Waals surface area contributed by atoms with Crippen LogP contribution in [0, 0.1) is 0 Å². The first kappa shape index (κ1) is 20.0. The van der Waals surface area contributed by atoms with Crippen molar-refractivity contribution >= 4 is 0 Å². The van der Waals surface area contributed by atoms with E-state index in [0.717, 1.165) is 45.7 Å². The van der Waals surface area contributed by atoms with Crippen LogP contribution < -0.4 is 0 Å². The third-order valence-electron chi connectivity index (χ3n) is 3.33. The first-order valence-corrected chi connectivity index (χ1v) is 8.60. The van der Waals surface area contributed by atoms with Gasteiger partial charge in [-0.2, -0.15) is 0 Å². The molecule has 0 aliphatic rings. The summed E-state index contributed by atoms with van der Waals surface area (Å²) in [6.45, 7) is 11.0. The Morgan fingerprint density at radius 2 is 1.24 bits per heavy atom. The number of allylic oxidation sites excluding steroid dienone is 2. The van der Waals surface area contributed by atoms with Gasteiger partial charge in [0, 0.05) is 13.1 Å².